The van der Waals surface area contributed by atoms with E-state index >= 15 is 0 Å². The van der Waals surface area contributed by atoms with Crippen molar-refractivity contribution < 1.29 is 19.8 Å². The molecule has 1 heterocycles. The molecule has 1 saturated heterocycles. The highest BCUT2D eigenvalue weighted by molar-refractivity contribution is 6.45. The number of carbonyl (C=O) groups excluding carboxylic acids is 2. The standard InChI is InChI=1S/C6H9N3O4/c10-2-3(11)1-7-6-8-4(12)5(13)9-6/h3,10-11H,1-2H2,(H2,7,8,9,12,13). The highest BCUT2D eigenvalue weighted by Gasteiger charge is 2.24. The van der Waals surface area contributed by atoms with Gasteiger partial charge in [-0.25, -0.2) is 4.99 Å². The van der Waals surface area contributed by atoms with Crippen LogP contribution in [0, 0.1) is 0 Å². The molecule has 1 atom stereocenters. The molecule has 0 aromatic carbocycles. The quantitative estimate of drug-likeness (QED) is 0.351. The molecule has 4 N–H and O–H groups in total. The van der Waals surface area contributed by atoms with E-state index in [1.807, 2.05) is 0 Å². The molecule has 1 rings (SSSR count). The van der Waals surface area contributed by atoms with Crippen molar-refractivity contribution in [3.63, 3.8) is 0 Å². The predicted octanol–water partition coefficient (Wildman–Crippen LogP) is -3.06. The number of aliphatic hydroxyl groups is 2. The van der Waals surface area contributed by atoms with Crippen LogP contribution in [-0.4, -0.2) is 47.2 Å². The zero-order valence-corrected chi connectivity index (χ0v) is 6.65. The Kier molecular flexibility index (Phi) is 2.93. The van der Waals surface area contributed by atoms with Gasteiger partial charge < -0.3 is 10.2 Å². The number of nitrogens with one attached hydrogen (secondary N) is 2. The van der Waals surface area contributed by atoms with Crippen molar-refractivity contribution in [3.8, 4) is 0 Å². The van der Waals surface area contributed by atoms with Gasteiger partial charge in [0.2, 0.25) is 5.96 Å². The maximum atomic E-state index is 10.6. The first-order valence-corrected chi connectivity index (χ1v) is 3.59. The Bertz CT molecular complexity index is 245. The Hall–Kier alpha value is -1.47. The van der Waals surface area contributed by atoms with Crippen LogP contribution in [0.2, 0.25) is 0 Å². The highest BCUT2D eigenvalue weighted by atomic mass is 16.3. The monoisotopic (exact) mass is 187 g/mol. The number of aliphatic hydroxyl groups excluding tert-OH is 2. The summed E-state index contributed by atoms with van der Waals surface area (Å²) in [5.41, 5.74) is 0. The Balaban J connectivity index is 2.46. The van der Waals surface area contributed by atoms with Crippen molar-refractivity contribution in [1.82, 2.24) is 10.6 Å². The summed E-state index contributed by atoms with van der Waals surface area (Å²) in [6.07, 6.45) is -0.984. The van der Waals surface area contributed by atoms with E-state index < -0.39 is 24.5 Å². The number of nitrogens with zero attached hydrogens (tertiary/aromatic N) is 1. The molecule has 0 spiro atoms. The summed E-state index contributed by atoms with van der Waals surface area (Å²) in [6, 6.07) is 0. The molecule has 72 valence electrons. The molecule has 7 nitrogen and oxygen atoms in total. The van der Waals surface area contributed by atoms with Gasteiger partial charge >= 0.3 is 11.8 Å². The van der Waals surface area contributed by atoms with E-state index in [0.717, 1.165) is 0 Å². The van der Waals surface area contributed by atoms with Crippen molar-refractivity contribution in [2.45, 2.75) is 6.10 Å². The molecule has 0 saturated carbocycles. The van der Waals surface area contributed by atoms with Crippen LogP contribution in [0.15, 0.2) is 4.99 Å². The summed E-state index contributed by atoms with van der Waals surface area (Å²) in [4.78, 5) is 24.8. The van der Waals surface area contributed by atoms with Crippen molar-refractivity contribution in [3.05, 3.63) is 0 Å². The largest absolute Gasteiger partial charge is 0.394 e. The molecule has 0 aliphatic carbocycles. The van der Waals surface area contributed by atoms with Crippen LogP contribution in [0.25, 0.3) is 0 Å². The van der Waals surface area contributed by atoms with Crippen molar-refractivity contribution in [2.75, 3.05) is 13.2 Å². The van der Waals surface area contributed by atoms with Gasteiger partial charge in [0.05, 0.1) is 19.3 Å². The SMILES string of the molecule is O=C1NC(=NCC(O)CO)NC1=O. The second kappa shape index (κ2) is 3.97. The Morgan fingerprint density at radius 1 is 1.31 bits per heavy atom. The summed E-state index contributed by atoms with van der Waals surface area (Å²) in [7, 11) is 0. The minimum atomic E-state index is -0.984. The predicted molar refractivity (Wildman–Crippen MR) is 41.7 cm³/mol. The first-order chi connectivity index (χ1) is 6.13. The van der Waals surface area contributed by atoms with Crippen LogP contribution < -0.4 is 10.6 Å². The fraction of sp³-hybridized carbons (Fsp3) is 0.500. The fourth-order valence-electron chi connectivity index (χ4n) is 0.693. The molecule has 0 aromatic rings. The normalized spacial score (nSPS) is 18.2. The maximum absolute atomic E-state index is 10.6. The molecule has 7 heteroatoms. The minimum Gasteiger partial charge on any atom is -0.394 e. The van der Waals surface area contributed by atoms with Crippen LogP contribution in [0.5, 0.6) is 0 Å². The molecule has 1 aliphatic heterocycles. The van der Waals surface area contributed by atoms with Gasteiger partial charge in [0.25, 0.3) is 0 Å². The summed E-state index contributed by atoms with van der Waals surface area (Å²) in [5.74, 6) is -1.56. The molecule has 0 radical (unpaired) electrons. The van der Waals surface area contributed by atoms with Crippen LogP contribution in [0.4, 0.5) is 0 Å². The van der Waals surface area contributed by atoms with Gasteiger partial charge in [-0.05, 0) is 0 Å². The lowest BCUT2D eigenvalue weighted by atomic mass is 10.4. The zero-order chi connectivity index (χ0) is 9.84. The minimum absolute atomic E-state index is 0.00231. The van der Waals surface area contributed by atoms with E-state index in [9.17, 15) is 9.59 Å². The number of guanidine groups is 1. The Morgan fingerprint density at radius 2 is 1.85 bits per heavy atom. The van der Waals surface area contributed by atoms with E-state index in [0.29, 0.717) is 0 Å². The first kappa shape index (κ1) is 9.62. The topological polar surface area (TPSA) is 111 Å². The van der Waals surface area contributed by atoms with Crippen LogP contribution >= 0.6 is 0 Å². The molecule has 2 amide bonds. The molecule has 1 unspecified atom stereocenters. The summed E-state index contributed by atoms with van der Waals surface area (Å²) in [6.45, 7) is -0.495. The number of hydrogen-bond acceptors (Lipinski definition) is 5. The van der Waals surface area contributed by atoms with Gasteiger partial charge in [-0.15, -0.1) is 0 Å². The number of carbonyl (C=O) groups is 2. The second-order valence-corrected chi connectivity index (χ2v) is 2.43. The summed E-state index contributed by atoms with van der Waals surface area (Å²) < 4.78 is 0. The average Bonchev–Trinajstić information content (AvgIpc) is 2.42. The van der Waals surface area contributed by atoms with Crippen LogP contribution in [0.3, 0.4) is 0 Å². The molecule has 0 aromatic heterocycles. The molecule has 1 fully saturated rings. The molecule has 0 bridgehead atoms. The van der Waals surface area contributed by atoms with E-state index in [4.69, 9.17) is 10.2 Å². The zero-order valence-electron chi connectivity index (χ0n) is 6.65. The molecular weight excluding hydrogens is 178 g/mol. The van der Waals surface area contributed by atoms with E-state index in [1.54, 1.807) is 0 Å². The third-order valence-corrected chi connectivity index (χ3v) is 1.34. The number of rotatable bonds is 3. The van der Waals surface area contributed by atoms with Gasteiger partial charge in [-0.3, -0.25) is 20.2 Å². The van der Waals surface area contributed by atoms with Crippen molar-refractivity contribution in [1.29, 1.82) is 0 Å². The van der Waals surface area contributed by atoms with Gasteiger partial charge in [0.15, 0.2) is 0 Å². The maximum Gasteiger partial charge on any atom is 0.316 e. The first-order valence-electron chi connectivity index (χ1n) is 3.59. The van der Waals surface area contributed by atoms with E-state index in [1.165, 1.54) is 0 Å². The highest BCUT2D eigenvalue weighted by Crippen LogP contribution is 1.86. The third-order valence-electron chi connectivity index (χ3n) is 1.34. The van der Waals surface area contributed by atoms with Gasteiger partial charge in [-0.2, -0.15) is 0 Å². The molecule has 1 aliphatic rings. The van der Waals surface area contributed by atoms with Crippen LogP contribution in [-0.2, 0) is 9.59 Å². The van der Waals surface area contributed by atoms with Crippen molar-refractivity contribution >= 4 is 17.8 Å². The molecular formula is C6H9N3O4. The van der Waals surface area contributed by atoms with E-state index in [-0.39, 0.29) is 12.5 Å². The molecule has 13 heavy (non-hydrogen) atoms. The smallest absolute Gasteiger partial charge is 0.316 e. The fourth-order valence-corrected chi connectivity index (χ4v) is 0.693. The number of hydrogen-bond donors (Lipinski definition) is 4. The van der Waals surface area contributed by atoms with Crippen molar-refractivity contribution in [2.24, 2.45) is 4.99 Å². The Morgan fingerprint density at radius 3 is 2.31 bits per heavy atom. The summed E-state index contributed by atoms with van der Waals surface area (Å²) in [5, 5.41) is 21.6. The second-order valence-electron chi connectivity index (χ2n) is 2.43. The lowest BCUT2D eigenvalue weighted by Crippen LogP contribution is -2.28. The van der Waals surface area contributed by atoms with Gasteiger partial charge in [-0.1, -0.05) is 0 Å². The Labute approximate surface area is 73.5 Å². The lowest BCUT2D eigenvalue weighted by molar-refractivity contribution is -0.135. The third kappa shape index (κ3) is 2.49. The number of aliphatic imine (C=N–C) groups is 1. The van der Waals surface area contributed by atoms with Gasteiger partial charge in [0.1, 0.15) is 0 Å². The van der Waals surface area contributed by atoms with Gasteiger partial charge in [0, 0.05) is 0 Å². The summed E-state index contributed by atoms with van der Waals surface area (Å²) >= 11 is 0. The van der Waals surface area contributed by atoms with E-state index in [2.05, 4.69) is 15.6 Å². The average molecular weight is 187 g/mol. The number of amides is 2. The lowest BCUT2D eigenvalue weighted by Gasteiger charge is -2.02. The van der Waals surface area contributed by atoms with Crippen LogP contribution in [0.1, 0.15) is 0 Å².